The quantitative estimate of drug-likeness (QED) is 0.738. The average Bonchev–Trinajstić information content (AvgIpc) is 2.81. The van der Waals surface area contributed by atoms with Gasteiger partial charge in [0.1, 0.15) is 0 Å². The Bertz CT molecular complexity index is 515. The van der Waals surface area contributed by atoms with Crippen LogP contribution < -0.4 is 0 Å². The van der Waals surface area contributed by atoms with Crippen LogP contribution in [0.3, 0.4) is 0 Å². The maximum atomic E-state index is 12.4. The molecule has 2 aliphatic rings. The maximum Gasteiger partial charge on any atom is 0.320 e. The highest BCUT2D eigenvalue weighted by Crippen LogP contribution is 2.17. The predicted molar refractivity (Wildman–Crippen MR) is 75.3 cm³/mol. The zero-order valence-corrected chi connectivity index (χ0v) is 12.9. The van der Waals surface area contributed by atoms with Gasteiger partial charge in [-0.2, -0.15) is 4.31 Å². The number of sulfonamides is 1. The van der Waals surface area contributed by atoms with Crippen molar-refractivity contribution in [3.8, 4) is 0 Å². The van der Waals surface area contributed by atoms with E-state index in [0.717, 1.165) is 23.4 Å². The Morgan fingerprint density at radius 1 is 1.00 bits per heavy atom. The van der Waals surface area contributed by atoms with Gasteiger partial charge in [-0.1, -0.05) is 0 Å². The first-order chi connectivity index (χ1) is 9.79. The molecular weight excluding hydrogens is 298 g/mol. The Labute approximate surface area is 124 Å². The van der Waals surface area contributed by atoms with E-state index in [1.54, 1.807) is 4.90 Å². The van der Waals surface area contributed by atoms with Crippen LogP contribution in [0.15, 0.2) is 0 Å². The number of carbonyl (C=O) groups is 2. The molecule has 120 valence electrons. The van der Waals surface area contributed by atoms with Crippen molar-refractivity contribution >= 4 is 22.0 Å². The van der Waals surface area contributed by atoms with Crippen molar-refractivity contribution in [2.45, 2.75) is 12.8 Å². The monoisotopic (exact) mass is 319 g/mol. The molecule has 2 aliphatic heterocycles. The number of amides is 2. The summed E-state index contributed by atoms with van der Waals surface area (Å²) in [6.07, 6.45) is 2.97. The number of carboxylic acids is 1. The van der Waals surface area contributed by atoms with E-state index in [9.17, 15) is 23.1 Å². The summed E-state index contributed by atoms with van der Waals surface area (Å²) in [5.74, 6) is -1.97. The fourth-order valence-electron chi connectivity index (χ4n) is 2.72. The van der Waals surface area contributed by atoms with Crippen LogP contribution in [0, 0.1) is 5.92 Å². The van der Waals surface area contributed by atoms with Crippen molar-refractivity contribution in [3.63, 3.8) is 0 Å². The fourth-order valence-corrected chi connectivity index (χ4v) is 3.59. The lowest BCUT2D eigenvalue weighted by molar-refractivity contribution is -0.142. The highest BCUT2D eigenvalue weighted by molar-refractivity contribution is 7.88. The van der Waals surface area contributed by atoms with Crippen molar-refractivity contribution in [2.75, 3.05) is 45.5 Å². The van der Waals surface area contributed by atoms with Gasteiger partial charge < -0.3 is 14.9 Å². The number of urea groups is 1. The SMILES string of the molecule is CS(=O)(=O)N1CCN(C(=O)N2CCCC2)C[C@@H](C(=O)O)C1. The van der Waals surface area contributed by atoms with Crippen molar-refractivity contribution in [2.24, 2.45) is 5.92 Å². The molecule has 0 aromatic carbocycles. The van der Waals surface area contributed by atoms with Gasteiger partial charge in [0.15, 0.2) is 0 Å². The Hall–Kier alpha value is -1.35. The number of rotatable bonds is 2. The van der Waals surface area contributed by atoms with Gasteiger partial charge in [-0.05, 0) is 12.8 Å². The van der Waals surface area contributed by atoms with E-state index in [1.165, 1.54) is 4.90 Å². The summed E-state index contributed by atoms with van der Waals surface area (Å²) in [6, 6.07) is -0.186. The minimum absolute atomic E-state index is 0.0523. The van der Waals surface area contributed by atoms with E-state index in [-0.39, 0.29) is 32.2 Å². The van der Waals surface area contributed by atoms with Crippen LogP contribution in [0.1, 0.15) is 12.8 Å². The summed E-state index contributed by atoms with van der Waals surface area (Å²) >= 11 is 0. The van der Waals surface area contributed by atoms with E-state index in [2.05, 4.69) is 0 Å². The Morgan fingerprint density at radius 2 is 1.62 bits per heavy atom. The van der Waals surface area contributed by atoms with E-state index < -0.39 is 21.9 Å². The van der Waals surface area contributed by atoms with Crippen molar-refractivity contribution < 1.29 is 23.1 Å². The lowest BCUT2D eigenvalue weighted by Crippen LogP contribution is -2.45. The average molecular weight is 319 g/mol. The molecule has 1 N–H and O–H groups in total. The number of likely N-dealkylation sites (tertiary alicyclic amines) is 1. The second-order valence-electron chi connectivity index (χ2n) is 5.58. The second-order valence-corrected chi connectivity index (χ2v) is 7.56. The standard InChI is InChI=1S/C12H21N3O5S/c1-21(19,20)15-7-6-14(8-10(9-15)11(16)17)12(18)13-4-2-3-5-13/h10H,2-9H2,1H3,(H,16,17)/t10-/m1/s1. The summed E-state index contributed by atoms with van der Waals surface area (Å²) in [7, 11) is -3.47. The van der Waals surface area contributed by atoms with Gasteiger partial charge >= 0.3 is 12.0 Å². The molecular formula is C12H21N3O5S. The summed E-state index contributed by atoms with van der Waals surface area (Å²) in [4.78, 5) is 26.8. The van der Waals surface area contributed by atoms with E-state index in [4.69, 9.17) is 0 Å². The van der Waals surface area contributed by atoms with Gasteiger partial charge in [0.2, 0.25) is 10.0 Å². The lowest BCUT2D eigenvalue weighted by atomic mass is 10.1. The van der Waals surface area contributed by atoms with Gasteiger partial charge in [-0.3, -0.25) is 4.79 Å². The molecule has 0 bridgehead atoms. The molecule has 0 radical (unpaired) electrons. The van der Waals surface area contributed by atoms with Crippen LogP contribution >= 0.6 is 0 Å². The molecule has 0 saturated carbocycles. The zero-order chi connectivity index (χ0) is 15.6. The molecule has 0 unspecified atom stereocenters. The number of carboxylic acid groups (broad SMARTS) is 1. The maximum absolute atomic E-state index is 12.4. The molecule has 2 fully saturated rings. The molecule has 21 heavy (non-hydrogen) atoms. The van der Waals surface area contributed by atoms with Crippen LogP contribution in [-0.4, -0.2) is 85.2 Å². The number of hydrogen-bond acceptors (Lipinski definition) is 4. The van der Waals surface area contributed by atoms with Crippen LogP contribution in [0.5, 0.6) is 0 Å². The fraction of sp³-hybridized carbons (Fsp3) is 0.833. The number of hydrogen-bond donors (Lipinski definition) is 1. The Morgan fingerprint density at radius 3 is 2.14 bits per heavy atom. The molecule has 2 rings (SSSR count). The lowest BCUT2D eigenvalue weighted by Gasteiger charge is -2.27. The smallest absolute Gasteiger partial charge is 0.320 e. The zero-order valence-electron chi connectivity index (χ0n) is 12.1. The summed E-state index contributed by atoms with van der Waals surface area (Å²) in [6.45, 7) is 1.70. The van der Waals surface area contributed by atoms with Crippen molar-refractivity contribution in [1.29, 1.82) is 0 Å². The summed E-state index contributed by atoms with van der Waals surface area (Å²) in [5, 5.41) is 9.24. The number of nitrogens with zero attached hydrogens (tertiary/aromatic N) is 3. The number of aliphatic carboxylic acids is 1. The molecule has 8 nitrogen and oxygen atoms in total. The normalized spacial score (nSPS) is 24.9. The highest BCUT2D eigenvalue weighted by atomic mass is 32.2. The third kappa shape index (κ3) is 3.85. The molecule has 2 amide bonds. The molecule has 0 aromatic rings. The molecule has 0 aromatic heterocycles. The number of carbonyl (C=O) groups excluding carboxylic acids is 1. The van der Waals surface area contributed by atoms with Gasteiger partial charge in [0.05, 0.1) is 12.2 Å². The highest BCUT2D eigenvalue weighted by Gasteiger charge is 2.34. The van der Waals surface area contributed by atoms with Gasteiger partial charge in [0, 0.05) is 39.3 Å². The Kier molecular flexibility index (Phi) is 4.72. The predicted octanol–water partition coefficient (Wildman–Crippen LogP) is -0.520. The largest absolute Gasteiger partial charge is 0.481 e. The van der Waals surface area contributed by atoms with E-state index in [1.807, 2.05) is 0 Å². The minimum atomic E-state index is -3.47. The van der Waals surface area contributed by atoms with Gasteiger partial charge in [-0.15, -0.1) is 0 Å². The Balaban J connectivity index is 2.13. The third-order valence-electron chi connectivity index (χ3n) is 3.95. The summed E-state index contributed by atoms with van der Waals surface area (Å²) < 4.78 is 24.5. The second kappa shape index (κ2) is 6.18. The first-order valence-electron chi connectivity index (χ1n) is 7.01. The van der Waals surface area contributed by atoms with Gasteiger partial charge in [-0.25, -0.2) is 13.2 Å². The van der Waals surface area contributed by atoms with Gasteiger partial charge in [0.25, 0.3) is 0 Å². The molecule has 9 heteroatoms. The molecule has 2 saturated heterocycles. The molecule has 2 heterocycles. The third-order valence-corrected chi connectivity index (χ3v) is 5.22. The molecule has 0 aliphatic carbocycles. The molecule has 0 spiro atoms. The summed E-state index contributed by atoms with van der Waals surface area (Å²) in [5.41, 5.74) is 0. The van der Waals surface area contributed by atoms with Crippen LogP contribution in [0.4, 0.5) is 4.79 Å². The molecule has 1 atom stereocenters. The van der Waals surface area contributed by atoms with E-state index in [0.29, 0.717) is 13.1 Å². The van der Waals surface area contributed by atoms with Crippen LogP contribution in [-0.2, 0) is 14.8 Å². The van der Waals surface area contributed by atoms with E-state index >= 15 is 0 Å². The van der Waals surface area contributed by atoms with Crippen molar-refractivity contribution in [3.05, 3.63) is 0 Å². The first kappa shape index (κ1) is 16.0. The van der Waals surface area contributed by atoms with Crippen molar-refractivity contribution in [1.82, 2.24) is 14.1 Å². The van der Waals surface area contributed by atoms with Crippen LogP contribution in [0.2, 0.25) is 0 Å². The minimum Gasteiger partial charge on any atom is -0.481 e. The topological polar surface area (TPSA) is 98.2 Å². The van der Waals surface area contributed by atoms with Crippen LogP contribution in [0.25, 0.3) is 0 Å². The first-order valence-corrected chi connectivity index (χ1v) is 8.85.